The van der Waals surface area contributed by atoms with Crippen molar-refractivity contribution in [2.75, 3.05) is 18.5 Å². The van der Waals surface area contributed by atoms with Crippen LogP contribution in [-0.2, 0) is 6.42 Å². The SMILES string of the molecule is CCc1ccc(N(C)C(CN)c2cc(C)sc2C)cc1. The summed E-state index contributed by atoms with van der Waals surface area (Å²) in [6.07, 6.45) is 1.08. The minimum atomic E-state index is 0.243. The molecule has 2 rings (SSSR count). The molecule has 1 atom stereocenters. The molecule has 108 valence electrons. The fraction of sp³-hybridized carbons (Fsp3) is 0.412. The van der Waals surface area contributed by atoms with Crippen molar-refractivity contribution in [3.8, 4) is 0 Å². The second-order valence-corrected chi connectivity index (χ2v) is 6.71. The lowest BCUT2D eigenvalue weighted by Crippen LogP contribution is -2.30. The van der Waals surface area contributed by atoms with E-state index in [4.69, 9.17) is 5.73 Å². The Morgan fingerprint density at radius 2 is 1.85 bits per heavy atom. The predicted molar refractivity (Wildman–Crippen MR) is 89.8 cm³/mol. The normalized spacial score (nSPS) is 12.4. The van der Waals surface area contributed by atoms with Gasteiger partial charge >= 0.3 is 0 Å². The standard InChI is InChI=1S/C17H24N2S/c1-5-14-6-8-15(9-7-14)19(4)17(11-18)16-10-12(2)20-13(16)3/h6-10,17H,5,11,18H2,1-4H3. The molecule has 20 heavy (non-hydrogen) atoms. The third-order valence-corrected chi connectivity index (χ3v) is 4.86. The number of nitrogens with zero attached hydrogens (tertiary/aromatic N) is 1. The van der Waals surface area contributed by atoms with Crippen LogP contribution in [0.3, 0.4) is 0 Å². The maximum atomic E-state index is 6.04. The molecular formula is C17H24N2S. The number of likely N-dealkylation sites (N-methyl/N-ethyl adjacent to an activating group) is 1. The number of thiophene rings is 1. The topological polar surface area (TPSA) is 29.3 Å². The molecule has 0 bridgehead atoms. The van der Waals surface area contributed by atoms with Crippen LogP contribution in [0.5, 0.6) is 0 Å². The highest BCUT2D eigenvalue weighted by Gasteiger charge is 2.19. The summed E-state index contributed by atoms with van der Waals surface area (Å²) in [4.78, 5) is 5.01. The van der Waals surface area contributed by atoms with Gasteiger partial charge in [0.05, 0.1) is 6.04 Å². The second-order valence-electron chi connectivity index (χ2n) is 5.25. The summed E-state index contributed by atoms with van der Waals surface area (Å²) < 4.78 is 0. The minimum Gasteiger partial charge on any atom is -0.366 e. The molecule has 0 aliphatic rings. The van der Waals surface area contributed by atoms with Gasteiger partial charge in [0.2, 0.25) is 0 Å². The minimum absolute atomic E-state index is 0.243. The molecule has 2 nitrogen and oxygen atoms in total. The molecule has 0 aliphatic heterocycles. The Kier molecular flexibility index (Phi) is 4.84. The van der Waals surface area contributed by atoms with Crippen molar-refractivity contribution in [1.29, 1.82) is 0 Å². The Hall–Kier alpha value is -1.32. The van der Waals surface area contributed by atoms with E-state index in [1.165, 1.54) is 26.6 Å². The summed E-state index contributed by atoms with van der Waals surface area (Å²) in [6, 6.07) is 11.3. The first-order valence-electron chi connectivity index (χ1n) is 7.15. The van der Waals surface area contributed by atoms with Crippen molar-refractivity contribution in [1.82, 2.24) is 0 Å². The zero-order valence-electron chi connectivity index (χ0n) is 12.8. The Bertz CT molecular complexity index is 557. The van der Waals surface area contributed by atoms with Crippen LogP contribution in [-0.4, -0.2) is 13.6 Å². The van der Waals surface area contributed by atoms with Gasteiger partial charge in [-0.2, -0.15) is 0 Å². The van der Waals surface area contributed by atoms with Crippen LogP contribution in [0.4, 0.5) is 5.69 Å². The first-order valence-corrected chi connectivity index (χ1v) is 7.97. The van der Waals surface area contributed by atoms with Gasteiger partial charge in [-0.1, -0.05) is 19.1 Å². The number of benzene rings is 1. The molecule has 0 aliphatic carbocycles. The van der Waals surface area contributed by atoms with Crippen molar-refractivity contribution in [2.45, 2.75) is 33.2 Å². The van der Waals surface area contributed by atoms with Gasteiger partial charge in [0.15, 0.2) is 0 Å². The highest BCUT2D eigenvalue weighted by atomic mass is 32.1. The molecule has 0 fully saturated rings. The highest BCUT2D eigenvalue weighted by Crippen LogP contribution is 2.31. The molecule has 1 aromatic carbocycles. The molecule has 0 amide bonds. The summed E-state index contributed by atoms with van der Waals surface area (Å²) in [5.74, 6) is 0. The predicted octanol–water partition coefficient (Wildman–Crippen LogP) is 4.06. The Balaban J connectivity index is 2.28. The molecular weight excluding hydrogens is 264 g/mol. The van der Waals surface area contributed by atoms with Crippen molar-refractivity contribution < 1.29 is 0 Å². The van der Waals surface area contributed by atoms with Gasteiger partial charge in [-0.15, -0.1) is 11.3 Å². The van der Waals surface area contributed by atoms with E-state index >= 15 is 0 Å². The van der Waals surface area contributed by atoms with E-state index in [1.807, 2.05) is 11.3 Å². The molecule has 1 heterocycles. The molecule has 0 radical (unpaired) electrons. The first-order chi connectivity index (χ1) is 9.56. The molecule has 0 saturated carbocycles. The Morgan fingerprint density at radius 1 is 1.20 bits per heavy atom. The number of hydrogen-bond acceptors (Lipinski definition) is 3. The second kappa shape index (κ2) is 6.42. The average Bonchev–Trinajstić information content (AvgIpc) is 2.78. The van der Waals surface area contributed by atoms with Crippen LogP contribution >= 0.6 is 11.3 Å². The zero-order chi connectivity index (χ0) is 14.7. The number of anilines is 1. The lowest BCUT2D eigenvalue weighted by Gasteiger charge is -2.29. The lowest BCUT2D eigenvalue weighted by atomic mass is 10.0. The maximum Gasteiger partial charge on any atom is 0.0672 e. The van der Waals surface area contributed by atoms with Gasteiger partial charge in [0, 0.05) is 29.0 Å². The van der Waals surface area contributed by atoms with E-state index < -0.39 is 0 Å². The van der Waals surface area contributed by atoms with E-state index in [0.29, 0.717) is 6.54 Å². The summed E-state index contributed by atoms with van der Waals surface area (Å²) in [5, 5.41) is 0. The van der Waals surface area contributed by atoms with E-state index in [0.717, 1.165) is 6.42 Å². The zero-order valence-corrected chi connectivity index (χ0v) is 13.6. The smallest absolute Gasteiger partial charge is 0.0672 e. The quantitative estimate of drug-likeness (QED) is 0.899. The van der Waals surface area contributed by atoms with E-state index in [1.54, 1.807) is 0 Å². The van der Waals surface area contributed by atoms with Crippen LogP contribution in [0.15, 0.2) is 30.3 Å². The van der Waals surface area contributed by atoms with Crippen molar-refractivity contribution in [3.63, 3.8) is 0 Å². The number of nitrogens with two attached hydrogens (primary N) is 1. The fourth-order valence-electron chi connectivity index (χ4n) is 2.62. The van der Waals surface area contributed by atoms with Crippen LogP contribution in [0.25, 0.3) is 0 Å². The van der Waals surface area contributed by atoms with E-state index in [9.17, 15) is 0 Å². The summed E-state index contributed by atoms with van der Waals surface area (Å²) in [7, 11) is 2.13. The third-order valence-electron chi connectivity index (χ3n) is 3.88. The average molecular weight is 288 g/mol. The maximum absolute atomic E-state index is 6.04. The van der Waals surface area contributed by atoms with Crippen molar-refractivity contribution >= 4 is 17.0 Å². The number of hydrogen-bond donors (Lipinski definition) is 1. The largest absolute Gasteiger partial charge is 0.366 e. The Labute approximate surface area is 126 Å². The summed E-state index contributed by atoms with van der Waals surface area (Å²) in [6.45, 7) is 7.15. The van der Waals surface area contributed by atoms with Gasteiger partial charge in [-0.05, 0) is 49.6 Å². The van der Waals surface area contributed by atoms with Gasteiger partial charge in [0.25, 0.3) is 0 Å². The van der Waals surface area contributed by atoms with Gasteiger partial charge in [0.1, 0.15) is 0 Å². The Morgan fingerprint density at radius 3 is 2.30 bits per heavy atom. The summed E-state index contributed by atoms with van der Waals surface area (Å²) in [5.41, 5.74) is 9.99. The lowest BCUT2D eigenvalue weighted by molar-refractivity contribution is 0.679. The molecule has 2 aromatic rings. The van der Waals surface area contributed by atoms with Crippen LogP contribution in [0.2, 0.25) is 0 Å². The van der Waals surface area contributed by atoms with Crippen LogP contribution in [0, 0.1) is 13.8 Å². The number of aryl methyl sites for hydroxylation is 3. The molecule has 0 saturated heterocycles. The van der Waals surface area contributed by atoms with Crippen molar-refractivity contribution in [2.24, 2.45) is 5.73 Å². The highest BCUT2D eigenvalue weighted by molar-refractivity contribution is 7.12. The molecule has 1 unspecified atom stereocenters. The fourth-order valence-corrected chi connectivity index (χ4v) is 3.60. The molecule has 3 heteroatoms. The van der Waals surface area contributed by atoms with Gasteiger partial charge in [-0.25, -0.2) is 0 Å². The molecule has 0 spiro atoms. The van der Waals surface area contributed by atoms with Gasteiger partial charge < -0.3 is 10.6 Å². The first kappa shape index (κ1) is 15.1. The third kappa shape index (κ3) is 3.05. The van der Waals surface area contributed by atoms with Crippen molar-refractivity contribution in [3.05, 3.63) is 51.2 Å². The van der Waals surface area contributed by atoms with E-state index in [2.05, 4.69) is 63.1 Å². The number of rotatable bonds is 5. The van der Waals surface area contributed by atoms with Crippen LogP contribution < -0.4 is 10.6 Å². The van der Waals surface area contributed by atoms with E-state index in [-0.39, 0.29) is 6.04 Å². The van der Waals surface area contributed by atoms with Crippen LogP contribution in [0.1, 0.15) is 33.8 Å². The monoisotopic (exact) mass is 288 g/mol. The summed E-state index contributed by atoms with van der Waals surface area (Å²) >= 11 is 1.85. The van der Waals surface area contributed by atoms with Gasteiger partial charge in [-0.3, -0.25) is 0 Å². The molecule has 1 aromatic heterocycles. The molecule has 2 N–H and O–H groups in total.